The van der Waals surface area contributed by atoms with Crippen molar-refractivity contribution in [3.05, 3.63) is 23.2 Å². The molecular weight excluding hydrogens is 283 g/mol. The van der Waals surface area contributed by atoms with Crippen LogP contribution in [0.2, 0.25) is 0 Å². The van der Waals surface area contributed by atoms with Crippen LogP contribution in [0.15, 0.2) is 10.5 Å². The fraction of sp³-hybridized carbons (Fsp3) is 0.615. The van der Waals surface area contributed by atoms with E-state index in [1.165, 1.54) is 21.3 Å². The minimum absolute atomic E-state index is 0.124. The Kier molecular flexibility index (Phi) is 5.19. The SMILES string of the molecule is COC(=O)c1cc(C(C)(C)C)oc1CP(=O)(OC)OC. The van der Waals surface area contributed by atoms with Crippen LogP contribution in [0.1, 0.15) is 42.6 Å². The van der Waals surface area contributed by atoms with Gasteiger partial charge in [0.2, 0.25) is 0 Å². The summed E-state index contributed by atoms with van der Waals surface area (Å²) in [4.78, 5) is 11.8. The van der Waals surface area contributed by atoms with Crippen molar-refractivity contribution < 1.29 is 27.6 Å². The zero-order valence-electron chi connectivity index (χ0n) is 12.7. The molecule has 0 aliphatic heterocycles. The molecule has 0 saturated heterocycles. The maximum absolute atomic E-state index is 12.2. The first-order chi connectivity index (χ1) is 9.16. The van der Waals surface area contributed by atoms with Gasteiger partial charge in [0.1, 0.15) is 23.2 Å². The van der Waals surface area contributed by atoms with E-state index in [2.05, 4.69) is 0 Å². The second-order valence-corrected chi connectivity index (χ2v) is 7.59. The monoisotopic (exact) mass is 304 g/mol. The second kappa shape index (κ2) is 6.12. The first kappa shape index (κ1) is 17.0. The van der Waals surface area contributed by atoms with E-state index in [4.69, 9.17) is 18.2 Å². The molecule has 0 spiro atoms. The van der Waals surface area contributed by atoms with E-state index < -0.39 is 13.6 Å². The van der Waals surface area contributed by atoms with Crippen LogP contribution < -0.4 is 0 Å². The highest BCUT2D eigenvalue weighted by Gasteiger charge is 2.31. The number of carbonyl (C=O) groups excluding carboxylic acids is 1. The Bertz CT molecular complexity index is 517. The smallest absolute Gasteiger partial charge is 0.341 e. The largest absolute Gasteiger partial charge is 0.465 e. The molecule has 0 fully saturated rings. The van der Waals surface area contributed by atoms with Crippen molar-refractivity contribution >= 4 is 13.6 Å². The van der Waals surface area contributed by atoms with Gasteiger partial charge in [0.05, 0.1) is 7.11 Å². The molecule has 0 aromatic carbocycles. The Morgan fingerprint density at radius 1 is 1.25 bits per heavy atom. The molecular formula is C13H21O6P. The number of esters is 1. The van der Waals surface area contributed by atoms with Gasteiger partial charge in [-0.3, -0.25) is 4.57 Å². The van der Waals surface area contributed by atoms with Gasteiger partial charge in [0.15, 0.2) is 0 Å². The molecule has 0 aliphatic rings. The molecule has 0 radical (unpaired) electrons. The summed E-state index contributed by atoms with van der Waals surface area (Å²) in [5, 5.41) is 0. The Morgan fingerprint density at radius 3 is 2.20 bits per heavy atom. The van der Waals surface area contributed by atoms with Crippen LogP contribution in [0.4, 0.5) is 0 Å². The molecule has 0 unspecified atom stereocenters. The Labute approximate surface area is 118 Å². The quantitative estimate of drug-likeness (QED) is 0.613. The lowest BCUT2D eigenvalue weighted by molar-refractivity contribution is 0.0598. The standard InChI is InChI=1S/C13H21O6P/c1-13(2,3)11-7-9(12(14)16-4)10(19-11)8-20(15,17-5)18-6/h7H,8H2,1-6H3. The highest BCUT2D eigenvalue weighted by Crippen LogP contribution is 2.50. The lowest BCUT2D eigenvalue weighted by Gasteiger charge is -2.15. The summed E-state index contributed by atoms with van der Waals surface area (Å²) in [6.45, 7) is 5.84. The van der Waals surface area contributed by atoms with Gasteiger partial charge in [-0.05, 0) is 6.07 Å². The summed E-state index contributed by atoms with van der Waals surface area (Å²) in [7, 11) is 0.534. The van der Waals surface area contributed by atoms with Gasteiger partial charge in [0.25, 0.3) is 0 Å². The Morgan fingerprint density at radius 2 is 1.80 bits per heavy atom. The van der Waals surface area contributed by atoms with Crippen LogP contribution in [0.3, 0.4) is 0 Å². The molecule has 0 bridgehead atoms. The number of carbonyl (C=O) groups is 1. The van der Waals surface area contributed by atoms with Gasteiger partial charge in [-0.2, -0.15) is 0 Å². The van der Waals surface area contributed by atoms with Gasteiger partial charge < -0.3 is 18.2 Å². The van der Waals surface area contributed by atoms with Crippen LogP contribution in [0.5, 0.6) is 0 Å². The van der Waals surface area contributed by atoms with Crippen molar-refractivity contribution in [3.63, 3.8) is 0 Å². The molecule has 0 saturated carbocycles. The average molecular weight is 304 g/mol. The van der Waals surface area contributed by atoms with Crippen LogP contribution in [0.25, 0.3) is 0 Å². The zero-order valence-corrected chi connectivity index (χ0v) is 13.6. The number of ether oxygens (including phenoxy) is 1. The van der Waals surface area contributed by atoms with Crippen LogP contribution in [0, 0.1) is 0 Å². The summed E-state index contributed by atoms with van der Waals surface area (Å²) >= 11 is 0. The van der Waals surface area contributed by atoms with Gasteiger partial charge in [-0.15, -0.1) is 0 Å². The van der Waals surface area contributed by atoms with E-state index in [-0.39, 0.29) is 22.9 Å². The molecule has 1 rings (SSSR count). The van der Waals surface area contributed by atoms with Crippen molar-refractivity contribution in [2.45, 2.75) is 32.3 Å². The van der Waals surface area contributed by atoms with Gasteiger partial charge in [-0.25, -0.2) is 4.79 Å². The first-order valence-electron chi connectivity index (χ1n) is 6.09. The van der Waals surface area contributed by atoms with E-state index in [1.807, 2.05) is 20.8 Å². The fourth-order valence-electron chi connectivity index (χ4n) is 1.58. The third-order valence-corrected chi connectivity index (χ3v) is 4.63. The van der Waals surface area contributed by atoms with E-state index in [0.717, 1.165) is 0 Å². The van der Waals surface area contributed by atoms with Gasteiger partial charge >= 0.3 is 13.6 Å². The lowest BCUT2D eigenvalue weighted by Crippen LogP contribution is -2.09. The minimum atomic E-state index is -3.32. The summed E-state index contributed by atoms with van der Waals surface area (Å²) in [5.74, 6) is 0.304. The van der Waals surface area contributed by atoms with E-state index >= 15 is 0 Å². The number of rotatable bonds is 5. The summed E-state index contributed by atoms with van der Waals surface area (Å²) in [6.07, 6.45) is -0.124. The molecule has 0 amide bonds. The molecule has 114 valence electrons. The first-order valence-corrected chi connectivity index (χ1v) is 7.81. The summed E-state index contributed by atoms with van der Waals surface area (Å²) in [6, 6.07) is 1.61. The number of hydrogen-bond donors (Lipinski definition) is 0. The predicted molar refractivity (Wildman–Crippen MR) is 74.1 cm³/mol. The lowest BCUT2D eigenvalue weighted by atomic mass is 9.93. The molecule has 0 aliphatic carbocycles. The zero-order chi connectivity index (χ0) is 15.6. The molecule has 1 heterocycles. The summed E-state index contributed by atoms with van der Waals surface area (Å²) in [5.41, 5.74) is -0.0442. The van der Waals surface area contributed by atoms with E-state index in [0.29, 0.717) is 5.76 Å². The predicted octanol–water partition coefficient (Wildman–Crippen LogP) is 3.35. The fourth-order valence-corrected chi connectivity index (χ4v) is 2.57. The molecule has 0 N–H and O–H groups in total. The van der Waals surface area contributed by atoms with Gasteiger partial charge in [0, 0.05) is 19.6 Å². The third-order valence-electron chi connectivity index (χ3n) is 2.85. The van der Waals surface area contributed by atoms with Crippen molar-refractivity contribution in [1.82, 2.24) is 0 Å². The molecule has 1 aromatic heterocycles. The maximum atomic E-state index is 12.2. The average Bonchev–Trinajstić information content (AvgIpc) is 2.81. The maximum Gasteiger partial charge on any atom is 0.341 e. The topological polar surface area (TPSA) is 75.0 Å². The van der Waals surface area contributed by atoms with Crippen molar-refractivity contribution in [2.24, 2.45) is 0 Å². The van der Waals surface area contributed by atoms with Crippen molar-refractivity contribution in [3.8, 4) is 0 Å². The van der Waals surface area contributed by atoms with Gasteiger partial charge in [-0.1, -0.05) is 20.8 Å². The number of furan rings is 1. The highest BCUT2D eigenvalue weighted by molar-refractivity contribution is 7.52. The molecule has 7 heteroatoms. The third kappa shape index (κ3) is 3.72. The van der Waals surface area contributed by atoms with Crippen LogP contribution in [-0.2, 0) is 29.9 Å². The van der Waals surface area contributed by atoms with Crippen molar-refractivity contribution in [2.75, 3.05) is 21.3 Å². The molecule has 1 aromatic rings. The number of methoxy groups -OCH3 is 1. The van der Waals surface area contributed by atoms with Crippen LogP contribution >= 0.6 is 7.60 Å². The highest BCUT2D eigenvalue weighted by atomic mass is 31.2. The minimum Gasteiger partial charge on any atom is -0.465 e. The number of hydrogen-bond acceptors (Lipinski definition) is 6. The molecule has 6 nitrogen and oxygen atoms in total. The molecule has 20 heavy (non-hydrogen) atoms. The normalized spacial score (nSPS) is 12.5. The Balaban J connectivity index is 3.26. The van der Waals surface area contributed by atoms with Crippen LogP contribution in [-0.4, -0.2) is 27.3 Å². The Hall–Kier alpha value is -1.10. The second-order valence-electron chi connectivity index (χ2n) is 5.32. The molecule has 0 atom stereocenters. The van der Waals surface area contributed by atoms with E-state index in [1.54, 1.807) is 6.07 Å². The van der Waals surface area contributed by atoms with Crippen molar-refractivity contribution in [1.29, 1.82) is 0 Å². The van der Waals surface area contributed by atoms with E-state index in [9.17, 15) is 9.36 Å². The summed E-state index contributed by atoms with van der Waals surface area (Å²) < 4.78 is 32.3.